The van der Waals surface area contributed by atoms with Crippen LogP contribution in [0.25, 0.3) is 0 Å². The second-order valence-electron chi connectivity index (χ2n) is 5.16. The molecule has 1 aromatic rings. The van der Waals surface area contributed by atoms with Crippen molar-refractivity contribution in [3.8, 4) is 5.75 Å². The highest BCUT2D eigenvalue weighted by molar-refractivity contribution is 7.99. The van der Waals surface area contributed by atoms with Crippen molar-refractivity contribution in [1.82, 2.24) is 10.2 Å². The molecule has 1 atom stereocenters. The first-order valence-electron chi connectivity index (χ1n) is 6.60. The van der Waals surface area contributed by atoms with Crippen molar-refractivity contribution in [2.45, 2.75) is 18.5 Å². The van der Waals surface area contributed by atoms with Gasteiger partial charge in [0, 0.05) is 11.3 Å². The Morgan fingerprint density at radius 2 is 2.29 bits per heavy atom. The summed E-state index contributed by atoms with van der Waals surface area (Å²) in [5.41, 5.74) is -0.300. The van der Waals surface area contributed by atoms with Crippen molar-refractivity contribution in [2.24, 2.45) is 0 Å². The van der Waals surface area contributed by atoms with Crippen LogP contribution in [0.5, 0.6) is 5.75 Å². The molecule has 7 heteroatoms. The molecule has 1 N–H and O–H groups in total. The number of rotatable bonds is 3. The van der Waals surface area contributed by atoms with Crippen molar-refractivity contribution in [1.29, 1.82) is 0 Å². The molecule has 2 aliphatic heterocycles. The summed E-state index contributed by atoms with van der Waals surface area (Å²) in [6.07, 6.45) is 0.638. The van der Waals surface area contributed by atoms with Crippen LogP contribution in [0.15, 0.2) is 18.2 Å². The van der Waals surface area contributed by atoms with Crippen molar-refractivity contribution < 1.29 is 18.7 Å². The van der Waals surface area contributed by atoms with Gasteiger partial charge in [-0.15, -0.1) is 0 Å². The molecule has 2 fully saturated rings. The predicted octanol–water partition coefficient (Wildman–Crippen LogP) is 1.76. The molecule has 2 saturated heterocycles. The largest absolute Gasteiger partial charge is 0.496 e. The van der Waals surface area contributed by atoms with Gasteiger partial charge in [-0.3, -0.25) is 9.69 Å². The van der Waals surface area contributed by atoms with Crippen LogP contribution in [0.3, 0.4) is 0 Å². The van der Waals surface area contributed by atoms with Crippen LogP contribution in [0, 0.1) is 5.82 Å². The minimum Gasteiger partial charge on any atom is -0.496 e. The SMILES string of the molecule is COc1ccc(F)cc1CN1C(=O)NC2(CCSC2)C1=O. The number of nitrogens with one attached hydrogen (secondary N) is 1. The van der Waals surface area contributed by atoms with E-state index in [4.69, 9.17) is 4.74 Å². The van der Waals surface area contributed by atoms with Gasteiger partial charge in [0.15, 0.2) is 0 Å². The number of imide groups is 1. The van der Waals surface area contributed by atoms with E-state index >= 15 is 0 Å². The third kappa shape index (κ3) is 2.35. The monoisotopic (exact) mass is 310 g/mol. The molecule has 5 nitrogen and oxygen atoms in total. The molecule has 112 valence electrons. The topological polar surface area (TPSA) is 58.6 Å². The Bertz CT molecular complexity index is 602. The van der Waals surface area contributed by atoms with E-state index in [-0.39, 0.29) is 12.5 Å². The first-order chi connectivity index (χ1) is 10.1. The molecular formula is C14H15FN2O3S. The number of methoxy groups -OCH3 is 1. The fraction of sp³-hybridized carbons (Fsp3) is 0.429. The number of amides is 3. The molecule has 0 saturated carbocycles. The Balaban J connectivity index is 1.86. The van der Waals surface area contributed by atoms with E-state index in [0.717, 1.165) is 10.7 Å². The van der Waals surface area contributed by atoms with E-state index in [1.54, 1.807) is 11.8 Å². The summed E-state index contributed by atoms with van der Waals surface area (Å²) in [6.45, 7) is 0.0119. The van der Waals surface area contributed by atoms with Crippen molar-refractivity contribution in [3.63, 3.8) is 0 Å². The second kappa shape index (κ2) is 5.22. The highest BCUT2D eigenvalue weighted by Crippen LogP contribution is 2.34. The minimum absolute atomic E-state index is 0.0119. The van der Waals surface area contributed by atoms with Gasteiger partial charge >= 0.3 is 6.03 Å². The maximum absolute atomic E-state index is 13.4. The summed E-state index contributed by atoms with van der Waals surface area (Å²) in [5, 5.41) is 2.78. The smallest absolute Gasteiger partial charge is 0.325 e. The van der Waals surface area contributed by atoms with E-state index < -0.39 is 17.4 Å². The maximum atomic E-state index is 13.4. The van der Waals surface area contributed by atoms with Gasteiger partial charge in [-0.1, -0.05) is 0 Å². The van der Waals surface area contributed by atoms with Gasteiger partial charge in [-0.2, -0.15) is 11.8 Å². The van der Waals surface area contributed by atoms with Crippen LogP contribution in [0.4, 0.5) is 9.18 Å². The van der Waals surface area contributed by atoms with Gasteiger partial charge in [0.05, 0.1) is 13.7 Å². The van der Waals surface area contributed by atoms with Crippen LogP contribution in [-0.2, 0) is 11.3 Å². The molecule has 2 aliphatic rings. The van der Waals surface area contributed by atoms with Crippen molar-refractivity contribution in [2.75, 3.05) is 18.6 Å². The lowest BCUT2D eigenvalue weighted by Gasteiger charge is -2.19. The molecular weight excluding hydrogens is 295 g/mol. The Kier molecular flexibility index (Phi) is 3.52. The van der Waals surface area contributed by atoms with Crippen molar-refractivity contribution in [3.05, 3.63) is 29.6 Å². The zero-order valence-electron chi connectivity index (χ0n) is 11.5. The molecule has 0 aliphatic carbocycles. The van der Waals surface area contributed by atoms with Gasteiger partial charge in [0.2, 0.25) is 0 Å². The third-order valence-electron chi connectivity index (χ3n) is 3.84. The molecule has 1 aromatic carbocycles. The Labute approximate surface area is 125 Å². The molecule has 0 bridgehead atoms. The van der Waals surface area contributed by atoms with Gasteiger partial charge in [-0.25, -0.2) is 9.18 Å². The summed E-state index contributed by atoms with van der Waals surface area (Å²) >= 11 is 1.65. The average molecular weight is 310 g/mol. The van der Waals surface area contributed by atoms with E-state index in [9.17, 15) is 14.0 Å². The lowest BCUT2D eigenvalue weighted by atomic mass is 9.99. The molecule has 21 heavy (non-hydrogen) atoms. The van der Waals surface area contributed by atoms with Crippen LogP contribution in [0.1, 0.15) is 12.0 Å². The predicted molar refractivity (Wildman–Crippen MR) is 76.7 cm³/mol. The number of thioether (sulfide) groups is 1. The summed E-state index contributed by atoms with van der Waals surface area (Å²) in [5.74, 6) is 1.24. The zero-order valence-corrected chi connectivity index (χ0v) is 12.3. The lowest BCUT2D eigenvalue weighted by Crippen LogP contribution is -2.46. The molecule has 2 heterocycles. The minimum atomic E-state index is -0.775. The number of hydrogen-bond acceptors (Lipinski definition) is 4. The third-order valence-corrected chi connectivity index (χ3v) is 5.03. The van der Waals surface area contributed by atoms with Gasteiger partial charge in [0.25, 0.3) is 5.91 Å². The number of benzene rings is 1. The zero-order chi connectivity index (χ0) is 15.0. The quantitative estimate of drug-likeness (QED) is 0.864. The molecule has 1 unspecified atom stereocenters. The highest BCUT2D eigenvalue weighted by atomic mass is 32.2. The summed E-state index contributed by atoms with van der Waals surface area (Å²) < 4.78 is 18.5. The van der Waals surface area contributed by atoms with Gasteiger partial charge in [-0.05, 0) is 30.4 Å². The lowest BCUT2D eigenvalue weighted by molar-refractivity contribution is -0.130. The van der Waals surface area contributed by atoms with E-state index in [1.165, 1.54) is 25.3 Å². The van der Waals surface area contributed by atoms with E-state index in [0.29, 0.717) is 23.5 Å². The Morgan fingerprint density at radius 3 is 2.95 bits per heavy atom. The number of carbonyl (C=O) groups excluding carboxylic acids is 2. The first-order valence-corrected chi connectivity index (χ1v) is 7.75. The second-order valence-corrected chi connectivity index (χ2v) is 6.27. The van der Waals surface area contributed by atoms with Gasteiger partial charge < -0.3 is 10.1 Å². The maximum Gasteiger partial charge on any atom is 0.325 e. The fourth-order valence-corrected chi connectivity index (χ4v) is 4.02. The summed E-state index contributed by atoms with van der Waals surface area (Å²) in [4.78, 5) is 25.8. The highest BCUT2D eigenvalue weighted by Gasteiger charge is 2.52. The van der Waals surface area contributed by atoms with E-state index in [2.05, 4.69) is 5.32 Å². The van der Waals surface area contributed by atoms with Crippen molar-refractivity contribution >= 4 is 23.7 Å². The molecule has 1 spiro atoms. The van der Waals surface area contributed by atoms with Crippen LogP contribution < -0.4 is 10.1 Å². The molecule has 3 rings (SSSR count). The normalized spacial score (nSPS) is 24.8. The number of nitrogens with zero attached hydrogens (tertiary/aromatic N) is 1. The van der Waals surface area contributed by atoms with Gasteiger partial charge in [0.1, 0.15) is 17.1 Å². The molecule has 3 amide bonds. The number of hydrogen-bond donors (Lipinski definition) is 1. The number of urea groups is 1. The number of ether oxygens (including phenoxy) is 1. The van der Waals surface area contributed by atoms with Crippen LogP contribution >= 0.6 is 11.8 Å². The van der Waals surface area contributed by atoms with Crippen LogP contribution in [0.2, 0.25) is 0 Å². The number of carbonyl (C=O) groups is 2. The molecule has 0 radical (unpaired) electrons. The summed E-state index contributed by atoms with van der Waals surface area (Å²) in [7, 11) is 1.47. The number of halogens is 1. The Morgan fingerprint density at radius 1 is 1.48 bits per heavy atom. The fourth-order valence-electron chi connectivity index (χ4n) is 2.69. The van der Waals surface area contributed by atoms with Crippen LogP contribution in [-0.4, -0.2) is 41.0 Å². The Hall–Kier alpha value is -1.76. The first kappa shape index (κ1) is 14.2. The average Bonchev–Trinajstić information content (AvgIpc) is 3.01. The summed E-state index contributed by atoms with van der Waals surface area (Å²) in [6, 6.07) is 3.63. The van der Waals surface area contributed by atoms with E-state index in [1.807, 2.05) is 0 Å². The standard InChI is InChI=1S/C14H15FN2O3S/c1-20-11-3-2-10(15)6-9(11)7-17-12(18)14(16-13(17)19)4-5-21-8-14/h2-3,6H,4-5,7-8H2,1H3,(H,16,19). The molecule has 0 aromatic heterocycles.